The van der Waals surface area contributed by atoms with Crippen molar-refractivity contribution in [2.75, 3.05) is 5.32 Å². The number of aromatic hydroxyl groups is 2. The Hall–Kier alpha value is -2.16. The quantitative estimate of drug-likeness (QED) is 0.731. The third-order valence-electron chi connectivity index (χ3n) is 3.32. The summed E-state index contributed by atoms with van der Waals surface area (Å²) in [5.74, 6) is 0.592. The standard InChI is InChI=1S/C16H19NO2/c1-10-9-16(19)11(2)8-14(10)17-12(3)13-6-4-5-7-15(13)18/h4-9,12,17-19H,1-3H3. The van der Waals surface area contributed by atoms with E-state index in [0.717, 1.165) is 22.4 Å². The second-order valence-corrected chi connectivity index (χ2v) is 4.88. The number of nitrogens with one attached hydrogen (secondary N) is 1. The van der Waals surface area contributed by atoms with Crippen LogP contribution in [-0.2, 0) is 0 Å². The van der Waals surface area contributed by atoms with Crippen LogP contribution in [0.5, 0.6) is 11.5 Å². The first-order valence-electron chi connectivity index (χ1n) is 6.33. The summed E-state index contributed by atoms with van der Waals surface area (Å²) in [6.07, 6.45) is 0. The van der Waals surface area contributed by atoms with Crippen molar-refractivity contribution in [2.24, 2.45) is 0 Å². The lowest BCUT2D eigenvalue weighted by molar-refractivity contribution is 0.465. The molecule has 2 aromatic rings. The molecule has 0 saturated heterocycles. The molecule has 3 nitrogen and oxygen atoms in total. The maximum absolute atomic E-state index is 9.85. The third-order valence-corrected chi connectivity index (χ3v) is 3.32. The van der Waals surface area contributed by atoms with Crippen molar-refractivity contribution in [1.29, 1.82) is 0 Å². The Morgan fingerprint density at radius 1 is 0.947 bits per heavy atom. The summed E-state index contributed by atoms with van der Waals surface area (Å²) < 4.78 is 0. The van der Waals surface area contributed by atoms with Gasteiger partial charge in [-0.05, 0) is 50.1 Å². The van der Waals surface area contributed by atoms with Gasteiger partial charge in [-0.2, -0.15) is 0 Å². The molecule has 0 aliphatic rings. The number of phenols is 2. The fourth-order valence-corrected chi connectivity index (χ4v) is 2.12. The van der Waals surface area contributed by atoms with Crippen LogP contribution in [0.15, 0.2) is 36.4 Å². The third kappa shape index (κ3) is 2.81. The number of benzene rings is 2. The molecule has 1 atom stereocenters. The first-order valence-corrected chi connectivity index (χ1v) is 6.33. The van der Waals surface area contributed by atoms with Gasteiger partial charge in [0.1, 0.15) is 11.5 Å². The van der Waals surface area contributed by atoms with Crippen LogP contribution in [0, 0.1) is 13.8 Å². The largest absolute Gasteiger partial charge is 0.508 e. The van der Waals surface area contributed by atoms with Crippen molar-refractivity contribution in [2.45, 2.75) is 26.8 Å². The van der Waals surface area contributed by atoms with Crippen molar-refractivity contribution >= 4 is 5.69 Å². The van der Waals surface area contributed by atoms with Gasteiger partial charge in [-0.15, -0.1) is 0 Å². The lowest BCUT2D eigenvalue weighted by Crippen LogP contribution is -2.08. The van der Waals surface area contributed by atoms with Crippen LogP contribution in [0.4, 0.5) is 5.69 Å². The highest BCUT2D eigenvalue weighted by Gasteiger charge is 2.11. The fraction of sp³-hybridized carbons (Fsp3) is 0.250. The minimum atomic E-state index is -0.0103. The van der Waals surface area contributed by atoms with Gasteiger partial charge in [-0.25, -0.2) is 0 Å². The zero-order chi connectivity index (χ0) is 14.0. The van der Waals surface area contributed by atoms with Gasteiger partial charge in [0.25, 0.3) is 0 Å². The van der Waals surface area contributed by atoms with Gasteiger partial charge in [-0.1, -0.05) is 18.2 Å². The molecule has 0 radical (unpaired) electrons. The highest BCUT2D eigenvalue weighted by molar-refractivity contribution is 5.58. The number of aryl methyl sites for hydroxylation is 2. The van der Waals surface area contributed by atoms with Gasteiger partial charge in [-0.3, -0.25) is 0 Å². The molecule has 0 aliphatic carbocycles. The Morgan fingerprint density at radius 3 is 2.32 bits per heavy atom. The first-order chi connectivity index (χ1) is 8.99. The van der Waals surface area contributed by atoms with Crippen molar-refractivity contribution in [3.8, 4) is 11.5 Å². The van der Waals surface area contributed by atoms with E-state index < -0.39 is 0 Å². The summed E-state index contributed by atoms with van der Waals surface area (Å²) in [5.41, 5.74) is 3.63. The molecule has 2 aromatic carbocycles. The van der Waals surface area contributed by atoms with E-state index in [9.17, 15) is 10.2 Å². The SMILES string of the molecule is Cc1cc(NC(C)c2ccccc2O)c(C)cc1O. The zero-order valence-electron chi connectivity index (χ0n) is 11.4. The molecule has 0 aliphatic heterocycles. The maximum Gasteiger partial charge on any atom is 0.120 e. The number of para-hydroxylation sites is 1. The van der Waals surface area contributed by atoms with E-state index in [0.29, 0.717) is 5.75 Å². The summed E-state index contributed by atoms with van der Waals surface area (Å²) in [6, 6.07) is 10.9. The summed E-state index contributed by atoms with van der Waals surface area (Å²) in [5, 5.41) is 22.9. The van der Waals surface area contributed by atoms with Crippen LogP contribution in [0.3, 0.4) is 0 Å². The van der Waals surface area contributed by atoms with Crippen molar-refractivity contribution in [3.63, 3.8) is 0 Å². The van der Waals surface area contributed by atoms with Crippen molar-refractivity contribution in [3.05, 3.63) is 53.1 Å². The second-order valence-electron chi connectivity index (χ2n) is 4.88. The molecule has 0 aromatic heterocycles. The molecule has 0 heterocycles. The van der Waals surface area contributed by atoms with Crippen LogP contribution in [0.25, 0.3) is 0 Å². The van der Waals surface area contributed by atoms with E-state index in [-0.39, 0.29) is 11.8 Å². The molecule has 0 spiro atoms. The molecule has 100 valence electrons. The number of hydrogen-bond acceptors (Lipinski definition) is 3. The summed E-state index contributed by atoms with van der Waals surface area (Å²) in [4.78, 5) is 0. The lowest BCUT2D eigenvalue weighted by Gasteiger charge is -2.19. The van der Waals surface area contributed by atoms with Gasteiger partial charge in [0.05, 0.1) is 6.04 Å². The summed E-state index contributed by atoms with van der Waals surface area (Å²) >= 11 is 0. The molecule has 0 fully saturated rings. The van der Waals surface area contributed by atoms with Crippen LogP contribution < -0.4 is 5.32 Å². The highest BCUT2D eigenvalue weighted by atomic mass is 16.3. The van der Waals surface area contributed by atoms with Gasteiger partial charge in [0.2, 0.25) is 0 Å². The van der Waals surface area contributed by atoms with E-state index >= 15 is 0 Å². The molecule has 0 bridgehead atoms. The predicted octanol–water partition coefficient (Wildman–Crippen LogP) is 3.89. The van der Waals surface area contributed by atoms with E-state index in [1.165, 1.54) is 0 Å². The smallest absolute Gasteiger partial charge is 0.120 e. The van der Waals surface area contributed by atoms with Crippen molar-refractivity contribution in [1.82, 2.24) is 0 Å². The zero-order valence-corrected chi connectivity index (χ0v) is 11.4. The molecule has 2 rings (SSSR count). The number of anilines is 1. The highest BCUT2D eigenvalue weighted by Crippen LogP contribution is 2.30. The van der Waals surface area contributed by atoms with Crippen LogP contribution in [0.2, 0.25) is 0 Å². The van der Waals surface area contributed by atoms with Gasteiger partial charge in [0.15, 0.2) is 0 Å². The fourth-order valence-electron chi connectivity index (χ4n) is 2.12. The van der Waals surface area contributed by atoms with E-state index in [1.54, 1.807) is 12.1 Å². The second kappa shape index (κ2) is 5.22. The molecular weight excluding hydrogens is 238 g/mol. The Morgan fingerprint density at radius 2 is 1.63 bits per heavy atom. The minimum absolute atomic E-state index is 0.0103. The molecule has 0 amide bonds. The van der Waals surface area contributed by atoms with Gasteiger partial charge < -0.3 is 15.5 Å². The molecule has 3 N–H and O–H groups in total. The average molecular weight is 257 g/mol. The van der Waals surface area contributed by atoms with Crippen molar-refractivity contribution < 1.29 is 10.2 Å². The molecule has 1 unspecified atom stereocenters. The normalized spacial score (nSPS) is 12.2. The topological polar surface area (TPSA) is 52.5 Å². The minimum Gasteiger partial charge on any atom is -0.508 e. The molecule has 0 saturated carbocycles. The number of hydrogen-bond donors (Lipinski definition) is 3. The van der Waals surface area contributed by atoms with E-state index in [4.69, 9.17) is 0 Å². The number of phenolic OH excluding ortho intramolecular Hbond substituents is 2. The molecular formula is C16H19NO2. The average Bonchev–Trinajstić information content (AvgIpc) is 2.36. The van der Waals surface area contributed by atoms with E-state index in [1.807, 2.05) is 45.0 Å². The van der Waals surface area contributed by atoms with E-state index in [2.05, 4.69) is 5.32 Å². The van der Waals surface area contributed by atoms with Gasteiger partial charge >= 0.3 is 0 Å². The molecule has 19 heavy (non-hydrogen) atoms. The summed E-state index contributed by atoms with van der Waals surface area (Å²) in [6.45, 7) is 5.81. The maximum atomic E-state index is 9.85. The molecule has 3 heteroatoms. The predicted molar refractivity (Wildman–Crippen MR) is 77.7 cm³/mol. The lowest BCUT2D eigenvalue weighted by atomic mass is 10.0. The number of rotatable bonds is 3. The first kappa shape index (κ1) is 13.3. The monoisotopic (exact) mass is 257 g/mol. The Kier molecular flexibility index (Phi) is 3.65. The van der Waals surface area contributed by atoms with Crippen LogP contribution in [-0.4, -0.2) is 10.2 Å². The Balaban J connectivity index is 2.27. The van der Waals surface area contributed by atoms with Crippen LogP contribution in [0.1, 0.15) is 29.7 Å². The Bertz CT molecular complexity index is 593. The van der Waals surface area contributed by atoms with Crippen LogP contribution >= 0.6 is 0 Å². The summed E-state index contributed by atoms with van der Waals surface area (Å²) in [7, 11) is 0. The van der Waals surface area contributed by atoms with Gasteiger partial charge in [0, 0.05) is 11.3 Å². The Labute approximate surface area is 113 Å².